The minimum Gasteiger partial charge on any atom is -0.351 e. The summed E-state index contributed by atoms with van der Waals surface area (Å²) in [6.07, 6.45) is 4.60. The van der Waals surface area contributed by atoms with E-state index in [0.29, 0.717) is 12.1 Å². The van der Waals surface area contributed by atoms with Gasteiger partial charge in [-0.2, -0.15) is 0 Å². The predicted octanol–water partition coefficient (Wildman–Crippen LogP) is 3.56. The van der Waals surface area contributed by atoms with Crippen LogP contribution in [0, 0.1) is 0 Å². The number of alkyl halides is 1. The first-order valence-electron chi connectivity index (χ1n) is 8.27. The lowest BCUT2D eigenvalue weighted by Crippen LogP contribution is -2.55. The molecule has 0 heterocycles. The summed E-state index contributed by atoms with van der Waals surface area (Å²) in [7, 11) is 0. The number of halogens is 1. The van der Waals surface area contributed by atoms with Crippen LogP contribution in [0.25, 0.3) is 0 Å². The Labute approximate surface area is 139 Å². The second-order valence-electron chi connectivity index (χ2n) is 6.41. The zero-order chi connectivity index (χ0) is 15.9. The summed E-state index contributed by atoms with van der Waals surface area (Å²) in [6, 6.07) is 11.6. The van der Waals surface area contributed by atoms with Crippen molar-refractivity contribution in [2.45, 2.75) is 64.2 Å². The molecule has 1 amide bonds. The number of nitrogens with one attached hydrogen (secondary N) is 1. The molecule has 1 aromatic rings. The molecular formula is C18H27ClN2O. The normalized spacial score (nSPS) is 22.0. The van der Waals surface area contributed by atoms with E-state index in [-0.39, 0.29) is 17.8 Å². The van der Waals surface area contributed by atoms with Crippen molar-refractivity contribution < 1.29 is 4.79 Å². The van der Waals surface area contributed by atoms with Gasteiger partial charge in [0.1, 0.15) is 5.88 Å². The quantitative estimate of drug-likeness (QED) is 0.812. The first kappa shape index (κ1) is 17.3. The Balaban J connectivity index is 2.11. The van der Waals surface area contributed by atoms with E-state index in [1.54, 1.807) is 0 Å². The number of carbonyl (C=O) groups excluding carboxylic acids is 1. The Bertz CT molecular complexity index is 463. The maximum Gasteiger partial charge on any atom is 0.235 e. The summed E-state index contributed by atoms with van der Waals surface area (Å²) in [6.45, 7) is 5.40. The molecule has 2 rings (SSSR count). The van der Waals surface area contributed by atoms with Crippen LogP contribution in [0.3, 0.4) is 0 Å². The molecule has 0 radical (unpaired) electrons. The average Bonchev–Trinajstić information content (AvgIpc) is 2.54. The van der Waals surface area contributed by atoms with Gasteiger partial charge in [0.25, 0.3) is 0 Å². The van der Waals surface area contributed by atoms with Crippen molar-refractivity contribution in [2.75, 3.05) is 5.88 Å². The predicted molar refractivity (Wildman–Crippen MR) is 92.0 cm³/mol. The summed E-state index contributed by atoms with van der Waals surface area (Å²) in [4.78, 5) is 14.2. The van der Waals surface area contributed by atoms with Gasteiger partial charge in [-0.1, -0.05) is 43.2 Å². The molecule has 0 unspecified atom stereocenters. The molecule has 1 saturated carbocycles. The number of rotatable bonds is 6. The van der Waals surface area contributed by atoms with Crippen molar-refractivity contribution in [2.24, 2.45) is 0 Å². The molecule has 122 valence electrons. The van der Waals surface area contributed by atoms with Crippen LogP contribution in [-0.2, 0) is 11.3 Å². The fourth-order valence-corrected chi connectivity index (χ4v) is 3.48. The second kappa shape index (κ2) is 8.54. The van der Waals surface area contributed by atoms with Gasteiger partial charge in [-0.15, -0.1) is 11.6 Å². The van der Waals surface area contributed by atoms with Gasteiger partial charge >= 0.3 is 0 Å². The molecule has 0 bridgehead atoms. The standard InChI is InChI=1S/C18H27ClN2O/c1-14(2)21(13-15-8-4-3-5-9-15)17-11-7-6-10-16(17)20-18(22)12-19/h3-5,8-9,14,16-17H,6-7,10-13H2,1-2H3,(H,20,22)/t16-,17+/m1/s1. The highest BCUT2D eigenvalue weighted by molar-refractivity contribution is 6.27. The number of carbonyl (C=O) groups is 1. The molecule has 1 fully saturated rings. The van der Waals surface area contributed by atoms with Gasteiger partial charge in [0.2, 0.25) is 5.91 Å². The SMILES string of the molecule is CC(C)N(Cc1ccccc1)[C@H]1CCCC[C@H]1NC(=O)CCl. The third kappa shape index (κ3) is 4.72. The summed E-state index contributed by atoms with van der Waals surface area (Å²) in [5, 5.41) is 3.13. The van der Waals surface area contributed by atoms with Crippen molar-refractivity contribution in [1.82, 2.24) is 10.2 Å². The van der Waals surface area contributed by atoms with Crippen molar-refractivity contribution in [1.29, 1.82) is 0 Å². The molecule has 0 aliphatic heterocycles. The average molecular weight is 323 g/mol. The van der Waals surface area contributed by atoms with Crippen LogP contribution < -0.4 is 5.32 Å². The van der Waals surface area contributed by atoms with Crippen LogP contribution >= 0.6 is 11.6 Å². The smallest absolute Gasteiger partial charge is 0.235 e. The van der Waals surface area contributed by atoms with Gasteiger partial charge in [0, 0.05) is 24.7 Å². The van der Waals surface area contributed by atoms with Crippen molar-refractivity contribution in [3.05, 3.63) is 35.9 Å². The molecule has 3 nitrogen and oxygen atoms in total. The molecule has 0 spiro atoms. The second-order valence-corrected chi connectivity index (χ2v) is 6.68. The Kier molecular flexibility index (Phi) is 6.71. The number of hydrogen-bond acceptors (Lipinski definition) is 2. The minimum atomic E-state index is -0.0537. The molecule has 0 saturated heterocycles. The van der Waals surface area contributed by atoms with Gasteiger partial charge < -0.3 is 5.32 Å². The van der Waals surface area contributed by atoms with Gasteiger partial charge in [-0.05, 0) is 32.3 Å². The minimum absolute atomic E-state index is 0.0452. The van der Waals surface area contributed by atoms with E-state index in [9.17, 15) is 4.79 Å². The van der Waals surface area contributed by atoms with E-state index in [2.05, 4.69) is 48.3 Å². The number of amides is 1. The first-order chi connectivity index (χ1) is 10.6. The first-order valence-corrected chi connectivity index (χ1v) is 8.80. The lowest BCUT2D eigenvalue weighted by Gasteiger charge is -2.42. The number of nitrogens with zero attached hydrogens (tertiary/aromatic N) is 1. The highest BCUT2D eigenvalue weighted by Gasteiger charge is 2.32. The number of hydrogen-bond donors (Lipinski definition) is 1. The lowest BCUT2D eigenvalue weighted by atomic mass is 9.88. The van der Waals surface area contributed by atoms with Crippen LogP contribution in [-0.4, -0.2) is 34.8 Å². The summed E-state index contributed by atoms with van der Waals surface area (Å²) in [5.74, 6) is -0.00850. The maximum atomic E-state index is 11.7. The molecule has 1 aromatic carbocycles. The van der Waals surface area contributed by atoms with Crippen LogP contribution in [0.1, 0.15) is 45.1 Å². The van der Waals surface area contributed by atoms with Crippen LogP contribution in [0.15, 0.2) is 30.3 Å². The van der Waals surface area contributed by atoms with Crippen LogP contribution in [0.4, 0.5) is 0 Å². The molecular weight excluding hydrogens is 296 g/mol. The molecule has 2 atom stereocenters. The molecule has 1 N–H and O–H groups in total. The summed E-state index contributed by atoms with van der Waals surface area (Å²) < 4.78 is 0. The Morgan fingerprint density at radius 2 is 1.95 bits per heavy atom. The van der Waals surface area contributed by atoms with E-state index in [0.717, 1.165) is 19.4 Å². The molecule has 1 aliphatic carbocycles. The van der Waals surface area contributed by atoms with E-state index >= 15 is 0 Å². The van der Waals surface area contributed by atoms with E-state index in [4.69, 9.17) is 11.6 Å². The van der Waals surface area contributed by atoms with E-state index < -0.39 is 0 Å². The van der Waals surface area contributed by atoms with E-state index in [1.165, 1.54) is 18.4 Å². The van der Waals surface area contributed by atoms with Crippen molar-refractivity contribution in [3.63, 3.8) is 0 Å². The fraction of sp³-hybridized carbons (Fsp3) is 0.611. The van der Waals surface area contributed by atoms with Crippen molar-refractivity contribution >= 4 is 17.5 Å². The molecule has 0 aromatic heterocycles. The topological polar surface area (TPSA) is 32.3 Å². The number of benzene rings is 1. The Morgan fingerprint density at radius 1 is 1.27 bits per heavy atom. The van der Waals surface area contributed by atoms with Gasteiger partial charge in [0.05, 0.1) is 0 Å². The van der Waals surface area contributed by atoms with Gasteiger partial charge in [-0.3, -0.25) is 9.69 Å². The van der Waals surface area contributed by atoms with Crippen LogP contribution in [0.5, 0.6) is 0 Å². The third-order valence-electron chi connectivity index (χ3n) is 4.49. The third-order valence-corrected chi connectivity index (χ3v) is 4.74. The fourth-order valence-electron chi connectivity index (χ4n) is 3.40. The molecule has 22 heavy (non-hydrogen) atoms. The maximum absolute atomic E-state index is 11.7. The zero-order valence-electron chi connectivity index (χ0n) is 13.6. The highest BCUT2D eigenvalue weighted by Crippen LogP contribution is 2.26. The van der Waals surface area contributed by atoms with Crippen LogP contribution in [0.2, 0.25) is 0 Å². The monoisotopic (exact) mass is 322 g/mol. The summed E-state index contributed by atoms with van der Waals surface area (Å²) in [5.41, 5.74) is 1.32. The zero-order valence-corrected chi connectivity index (χ0v) is 14.4. The molecule has 1 aliphatic rings. The molecule has 4 heteroatoms. The lowest BCUT2D eigenvalue weighted by molar-refractivity contribution is -0.120. The Morgan fingerprint density at radius 3 is 2.59 bits per heavy atom. The van der Waals surface area contributed by atoms with Crippen molar-refractivity contribution in [3.8, 4) is 0 Å². The summed E-state index contributed by atoms with van der Waals surface area (Å²) >= 11 is 5.67. The Hall–Kier alpha value is -1.06. The van der Waals surface area contributed by atoms with E-state index in [1.807, 2.05) is 6.07 Å². The van der Waals surface area contributed by atoms with Gasteiger partial charge in [-0.25, -0.2) is 0 Å². The van der Waals surface area contributed by atoms with Gasteiger partial charge in [0.15, 0.2) is 0 Å². The highest BCUT2D eigenvalue weighted by atomic mass is 35.5. The largest absolute Gasteiger partial charge is 0.351 e.